The lowest BCUT2D eigenvalue weighted by Gasteiger charge is -1.95. The van der Waals surface area contributed by atoms with Crippen molar-refractivity contribution >= 4 is 44.2 Å². The number of hydrogen-bond acceptors (Lipinski definition) is 3. The van der Waals surface area contributed by atoms with E-state index in [0.717, 1.165) is 15.6 Å². The van der Waals surface area contributed by atoms with Crippen molar-refractivity contribution in [1.29, 1.82) is 0 Å². The molecule has 14 heavy (non-hydrogen) atoms. The van der Waals surface area contributed by atoms with Crippen molar-refractivity contribution in [3.05, 3.63) is 28.1 Å². The molecule has 1 aromatic carbocycles. The Balaban J connectivity index is 2.77. The third-order valence-corrected chi connectivity index (χ3v) is 2.99. The average Bonchev–Trinajstić information content (AvgIpc) is 2.56. The molecule has 0 atom stereocenters. The topological polar surface area (TPSA) is 52.0 Å². The van der Waals surface area contributed by atoms with Crippen LogP contribution in [0.3, 0.4) is 0 Å². The number of oxazole rings is 1. The Hall–Kier alpha value is -0.940. The van der Waals surface area contributed by atoms with Crippen LogP contribution in [0, 0.1) is 6.92 Å². The van der Waals surface area contributed by atoms with Crippen molar-refractivity contribution in [2.75, 3.05) is 0 Å². The first kappa shape index (κ1) is 9.61. The van der Waals surface area contributed by atoms with Crippen molar-refractivity contribution in [3.63, 3.8) is 0 Å². The fourth-order valence-corrected chi connectivity index (χ4v) is 1.61. The Labute approximate surface area is 94.4 Å². The summed E-state index contributed by atoms with van der Waals surface area (Å²) in [5.74, 6) is 0.316. The Morgan fingerprint density at radius 3 is 2.93 bits per heavy atom. The van der Waals surface area contributed by atoms with Gasteiger partial charge in [-0.2, -0.15) is 0 Å². The van der Waals surface area contributed by atoms with Crippen LogP contribution in [-0.4, -0.2) is 9.97 Å². The van der Waals surface area contributed by atoms with Crippen LogP contribution in [0.2, 0.25) is 0 Å². The van der Waals surface area contributed by atoms with Gasteiger partial charge < -0.3 is 10.2 Å². The van der Waals surface area contributed by atoms with Gasteiger partial charge in [0.05, 0.1) is 0 Å². The molecule has 0 saturated heterocycles. The first-order valence-electron chi connectivity index (χ1n) is 3.95. The van der Waals surface area contributed by atoms with Gasteiger partial charge in [0, 0.05) is 4.47 Å². The van der Waals surface area contributed by atoms with Gasteiger partial charge in [-0.3, -0.25) is 0 Å². The van der Waals surface area contributed by atoms with Crippen molar-refractivity contribution in [2.45, 2.75) is 6.92 Å². The van der Waals surface area contributed by atoms with E-state index in [1.165, 1.54) is 0 Å². The number of fused-ring (bicyclic) bond motifs is 1. The lowest BCUT2D eigenvalue weighted by Crippen LogP contribution is -2.09. The second kappa shape index (κ2) is 3.33. The second-order valence-corrected chi connectivity index (χ2v) is 4.20. The quantitative estimate of drug-likeness (QED) is 0.810. The van der Waals surface area contributed by atoms with E-state index in [9.17, 15) is 0 Å². The molecular formula is C9H7BrN2OS. The summed E-state index contributed by atoms with van der Waals surface area (Å²) in [6.07, 6.45) is 0. The van der Waals surface area contributed by atoms with E-state index in [1.807, 2.05) is 19.1 Å². The summed E-state index contributed by atoms with van der Waals surface area (Å²) in [5, 5.41) is 0. The summed E-state index contributed by atoms with van der Waals surface area (Å²) in [6, 6.07) is 3.74. The zero-order valence-corrected chi connectivity index (χ0v) is 9.78. The molecule has 0 unspecified atom stereocenters. The van der Waals surface area contributed by atoms with E-state index >= 15 is 0 Å². The van der Waals surface area contributed by atoms with Crippen molar-refractivity contribution in [3.8, 4) is 0 Å². The number of nitrogens with zero attached hydrogens (tertiary/aromatic N) is 1. The number of halogens is 1. The first-order valence-corrected chi connectivity index (χ1v) is 5.15. The average molecular weight is 271 g/mol. The highest BCUT2D eigenvalue weighted by atomic mass is 79.9. The van der Waals surface area contributed by atoms with E-state index in [-0.39, 0.29) is 4.99 Å². The van der Waals surface area contributed by atoms with Crippen LogP contribution in [0.25, 0.3) is 11.1 Å². The smallest absolute Gasteiger partial charge is 0.255 e. The number of aryl methyl sites for hydroxylation is 1. The Kier molecular flexibility index (Phi) is 2.28. The predicted octanol–water partition coefficient (Wildman–Crippen LogP) is 2.53. The number of thiocarbonyl (C=S) groups is 1. The number of hydrogen-bond donors (Lipinski definition) is 1. The van der Waals surface area contributed by atoms with Crippen LogP contribution in [0.15, 0.2) is 21.0 Å². The minimum absolute atomic E-state index is 0.178. The molecule has 0 aliphatic carbocycles. The summed E-state index contributed by atoms with van der Waals surface area (Å²) < 4.78 is 6.36. The third kappa shape index (κ3) is 1.42. The fourth-order valence-electron chi connectivity index (χ4n) is 1.21. The van der Waals surface area contributed by atoms with E-state index < -0.39 is 0 Å². The highest BCUT2D eigenvalue weighted by Crippen LogP contribution is 2.25. The molecule has 0 aliphatic heterocycles. The maximum absolute atomic E-state index is 5.43. The van der Waals surface area contributed by atoms with Crippen molar-refractivity contribution in [1.82, 2.24) is 4.98 Å². The molecular weight excluding hydrogens is 264 g/mol. The maximum Gasteiger partial charge on any atom is 0.255 e. The van der Waals surface area contributed by atoms with Crippen molar-refractivity contribution < 1.29 is 4.42 Å². The van der Waals surface area contributed by atoms with Crippen LogP contribution in [-0.2, 0) is 0 Å². The Morgan fingerprint density at radius 1 is 1.57 bits per heavy atom. The van der Waals surface area contributed by atoms with E-state index in [4.69, 9.17) is 22.4 Å². The largest absolute Gasteiger partial charge is 0.434 e. The molecule has 0 spiro atoms. The fraction of sp³-hybridized carbons (Fsp3) is 0.111. The van der Waals surface area contributed by atoms with Gasteiger partial charge in [0.2, 0.25) is 0 Å². The molecule has 0 saturated carbocycles. The van der Waals surface area contributed by atoms with Crippen LogP contribution >= 0.6 is 28.1 Å². The van der Waals surface area contributed by atoms with Gasteiger partial charge >= 0.3 is 0 Å². The minimum atomic E-state index is 0.178. The minimum Gasteiger partial charge on any atom is -0.434 e. The normalized spacial score (nSPS) is 10.7. The molecule has 2 aromatic rings. The summed E-state index contributed by atoms with van der Waals surface area (Å²) in [7, 11) is 0. The molecule has 1 aromatic heterocycles. The standard InChI is InChI=1S/C9H7BrN2OS/c1-4-5(10)2-3-6-7(4)12-9(13-6)8(11)14/h2-3H,1H3,(H2,11,14). The van der Waals surface area contributed by atoms with Crippen LogP contribution in [0.5, 0.6) is 0 Å². The zero-order chi connectivity index (χ0) is 10.3. The monoisotopic (exact) mass is 270 g/mol. The van der Waals surface area contributed by atoms with E-state index in [2.05, 4.69) is 20.9 Å². The SMILES string of the molecule is Cc1c(Br)ccc2oc(C(N)=S)nc12. The van der Waals surface area contributed by atoms with Crippen LogP contribution in [0.1, 0.15) is 11.5 Å². The maximum atomic E-state index is 5.43. The molecule has 3 nitrogen and oxygen atoms in total. The number of benzene rings is 1. The Morgan fingerprint density at radius 2 is 2.29 bits per heavy atom. The summed E-state index contributed by atoms with van der Waals surface area (Å²) >= 11 is 8.21. The third-order valence-electron chi connectivity index (χ3n) is 1.96. The van der Waals surface area contributed by atoms with E-state index in [1.54, 1.807) is 0 Å². The van der Waals surface area contributed by atoms with Gasteiger partial charge in [0.15, 0.2) is 10.6 Å². The molecule has 0 radical (unpaired) electrons. The highest BCUT2D eigenvalue weighted by Gasteiger charge is 2.11. The van der Waals surface area contributed by atoms with Gasteiger partial charge in [-0.25, -0.2) is 4.98 Å². The van der Waals surface area contributed by atoms with Gasteiger partial charge in [-0.1, -0.05) is 28.1 Å². The second-order valence-electron chi connectivity index (χ2n) is 2.90. The summed E-state index contributed by atoms with van der Waals surface area (Å²) in [5.41, 5.74) is 7.95. The molecule has 1 heterocycles. The van der Waals surface area contributed by atoms with E-state index in [0.29, 0.717) is 11.5 Å². The van der Waals surface area contributed by atoms with Crippen LogP contribution < -0.4 is 5.73 Å². The molecule has 0 amide bonds. The summed E-state index contributed by atoms with van der Waals surface area (Å²) in [4.78, 5) is 4.39. The Bertz CT molecular complexity index is 521. The predicted molar refractivity (Wildman–Crippen MR) is 62.3 cm³/mol. The van der Waals surface area contributed by atoms with Gasteiger partial charge in [0.25, 0.3) is 5.89 Å². The lowest BCUT2D eigenvalue weighted by atomic mass is 10.2. The molecule has 5 heteroatoms. The highest BCUT2D eigenvalue weighted by molar-refractivity contribution is 9.10. The molecule has 0 bridgehead atoms. The van der Waals surface area contributed by atoms with Gasteiger partial charge in [-0.15, -0.1) is 0 Å². The van der Waals surface area contributed by atoms with Gasteiger partial charge in [-0.05, 0) is 24.6 Å². The zero-order valence-electron chi connectivity index (χ0n) is 7.37. The van der Waals surface area contributed by atoms with Crippen molar-refractivity contribution in [2.24, 2.45) is 5.73 Å². The summed E-state index contributed by atoms with van der Waals surface area (Å²) in [6.45, 7) is 1.96. The first-order chi connectivity index (χ1) is 6.59. The molecule has 2 rings (SSSR count). The number of aromatic nitrogens is 1. The molecule has 0 fully saturated rings. The number of rotatable bonds is 1. The van der Waals surface area contributed by atoms with Gasteiger partial charge in [0.1, 0.15) is 5.52 Å². The number of nitrogens with two attached hydrogens (primary N) is 1. The lowest BCUT2D eigenvalue weighted by molar-refractivity contribution is 0.591. The molecule has 0 aliphatic rings. The molecule has 2 N–H and O–H groups in total. The molecule has 72 valence electrons. The van der Waals surface area contributed by atoms with Crippen LogP contribution in [0.4, 0.5) is 0 Å².